The van der Waals surface area contributed by atoms with E-state index in [0.29, 0.717) is 16.7 Å². The molecule has 2 aromatic rings. The van der Waals surface area contributed by atoms with Crippen LogP contribution in [0.25, 0.3) is 11.1 Å². The van der Waals surface area contributed by atoms with Gasteiger partial charge in [-0.2, -0.15) is 0 Å². The van der Waals surface area contributed by atoms with E-state index in [0.717, 1.165) is 0 Å². The number of carbonyl (C=O) groups excluding carboxylic acids is 1. The van der Waals surface area contributed by atoms with E-state index >= 15 is 0 Å². The Kier molecular flexibility index (Phi) is 3.13. The Morgan fingerprint density at radius 1 is 1.39 bits per heavy atom. The van der Waals surface area contributed by atoms with Gasteiger partial charge in [0.1, 0.15) is 6.42 Å². The summed E-state index contributed by atoms with van der Waals surface area (Å²) in [5.41, 5.74) is 1.68. The molecule has 0 radical (unpaired) electrons. The maximum Gasteiger partial charge on any atom is 0.417 e. The maximum atomic E-state index is 11.1. The lowest BCUT2D eigenvalue weighted by Crippen LogP contribution is -2.24. The average molecular weight is 250 g/mol. The van der Waals surface area contributed by atoms with E-state index in [9.17, 15) is 14.4 Å². The van der Waals surface area contributed by atoms with Gasteiger partial charge in [0.25, 0.3) is 0 Å². The molecule has 7 heteroatoms. The number of hydrogen-bond donors (Lipinski definition) is 3. The van der Waals surface area contributed by atoms with Crippen LogP contribution in [0.15, 0.2) is 27.4 Å². The topological polar surface area (TPSA) is 112 Å². The first-order valence-electron chi connectivity index (χ1n) is 5.15. The molecular weight excluding hydrogens is 240 g/mol. The number of rotatable bonds is 4. The molecule has 0 spiro atoms. The Morgan fingerprint density at radius 2 is 2.17 bits per heavy atom. The Hall–Kier alpha value is -2.57. The highest BCUT2D eigenvalue weighted by molar-refractivity contribution is 5.93. The lowest BCUT2D eigenvalue weighted by atomic mass is 10.2. The lowest BCUT2D eigenvalue weighted by molar-refractivity contribution is -0.140. The van der Waals surface area contributed by atoms with Gasteiger partial charge in [0.2, 0.25) is 5.91 Å². The van der Waals surface area contributed by atoms with Gasteiger partial charge in [0.15, 0.2) is 5.58 Å². The number of aromatic amines is 1. The summed E-state index contributed by atoms with van der Waals surface area (Å²) in [4.78, 5) is 34.8. The van der Waals surface area contributed by atoms with E-state index in [1.807, 2.05) is 0 Å². The zero-order valence-electron chi connectivity index (χ0n) is 9.23. The molecule has 1 aromatic carbocycles. The highest BCUT2D eigenvalue weighted by atomic mass is 16.4. The maximum absolute atomic E-state index is 11.1. The number of oxazole rings is 1. The molecule has 0 unspecified atom stereocenters. The zero-order chi connectivity index (χ0) is 13.1. The van der Waals surface area contributed by atoms with Crippen molar-refractivity contribution in [3.05, 3.63) is 34.3 Å². The SMILES string of the molecule is O=C(O)CC(=O)NCc1ccc2[nH]c(=O)oc2c1. The van der Waals surface area contributed by atoms with E-state index in [1.54, 1.807) is 18.2 Å². The molecule has 0 atom stereocenters. The van der Waals surface area contributed by atoms with E-state index in [4.69, 9.17) is 9.52 Å². The number of benzene rings is 1. The summed E-state index contributed by atoms with van der Waals surface area (Å²) in [5.74, 6) is -2.30. The molecule has 1 aromatic heterocycles. The number of carbonyl (C=O) groups is 2. The largest absolute Gasteiger partial charge is 0.481 e. The van der Waals surface area contributed by atoms with Crippen LogP contribution in [0.2, 0.25) is 0 Å². The molecule has 18 heavy (non-hydrogen) atoms. The van der Waals surface area contributed by atoms with Crippen molar-refractivity contribution >= 4 is 23.0 Å². The van der Waals surface area contributed by atoms with Gasteiger partial charge < -0.3 is 14.8 Å². The molecular formula is C11H10N2O5. The smallest absolute Gasteiger partial charge is 0.417 e. The van der Waals surface area contributed by atoms with Crippen molar-refractivity contribution in [2.75, 3.05) is 0 Å². The second-order valence-electron chi connectivity index (χ2n) is 3.69. The van der Waals surface area contributed by atoms with Gasteiger partial charge in [-0.1, -0.05) is 6.07 Å². The van der Waals surface area contributed by atoms with Crippen LogP contribution in [0.5, 0.6) is 0 Å². The van der Waals surface area contributed by atoms with E-state index in [-0.39, 0.29) is 6.54 Å². The second kappa shape index (κ2) is 4.74. The molecule has 0 bridgehead atoms. The minimum Gasteiger partial charge on any atom is -0.481 e. The highest BCUT2D eigenvalue weighted by Gasteiger charge is 2.07. The third-order valence-corrected chi connectivity index (χ3v) is 2.29. The fraction of sp³-hybridized carbons (Fsp3) is 0.182. The van der Waals surface area contributed by atoms with Crippen molar-refractivity contribution in [2.24, 2.45) is 0 Å². The standard InChI is InChI=1S/C11H10N2O5/c14-9(4-10(15)16)12-5-6-1-2-7-8(3-6)18-11(17)13-7/h1-3H,4-5H2,(H,12,14)(H,13,17)(H,15,16). The Morgan fingerprint density at radius 3 is 2.89 bits per heavy atom. The minimum absolute atomic E-state index is 0.178. The minimum atomic E-state index is -1.18. The average Bonchev–Trinajstić information content (AvgIpc) is 2.64. The van der Waals surface area contributed by atoms with Crippen LogP contribution < -0.4 is 11.1 Å². The number of fused-ring (bicyclic) bond motifs is 1. The van der Waals surface area contributed by atoms with Crippen molar-refractivity contribution in [2.45, 2.75) is 13.0 Å². The molecule has 0 aliphatic rings. The van der Waals surface area contributed by atoms with Gasteiger partial charge in [-0.25, -0.2) is 4.79 Å². The van der Waals surface area contributed by atoms with Crippen LogP contribution in [0.3, 0.4) is 0 Å². The first-order chi connectivity index (χ1) is 8.54. The van der Waals surface area contributed by atoms with Crippen molar-refractivity contribution in [1.82, 2.24) is 10.3 Å². The third kappa shape index (κ3) is 2.76. The molecule has 0 aliphatic carbocycles. The van der Waals surface area contributed by atoms with Crippen LogP contribution in [-0.4, -0.2) is 22.0 Å². The molecule has 0 fully saturated rings. The molecule has 3 N–H and O–H groups in total. The Labute approximate surface area is 100 Å². The van der Waals surface area contributed by atoms with Gasteiger partial charge in [0.05, 0.1) is 5.52 Å². The molecule has 1 amide bonds. The van der Waals surface area contributed by atoms with Crippen molar-refractivity contribution in [1.29, 1.82) is 0 Å². The number of aliphatic carboxylic acids is 1. The number of hydrogen-bond acceptors (Lipinski definition) is 4. The normalized spacial score (nSPS) is 10.4. The van der Waals surface area contributed by atoms with Gasteiger partial charge in [-0.05, 0) is 17.7 Å². The Balaban J connectivity index is 2.05. The number of H-pyrrole nitrogens is 1. The Bertz CT molecular complexity index is 655. The van der Waals surface area contributed by atoms with E-state index in [1.165, 1.54) is 0 Å². The molecule has 7 nitrogen and oxygen atoms in total. The quantitative estimate of drug-likeness (QED) is 0.671. The number of carboxylic acids is 1. The number of amides is 1. The summed E-state index contributed by atoms with van der Waals surface area (Å²) in [6.45, 7) is 0.178. The fourth-order valence-electron chi connectivity index (χ4n) is 1.50. The van der Waals surface area contributed by atoms with Gasteiger partial charge in [-0.3, -0.25) is 14.6 Å². The number of carboxylic acid groups (broad SMARTS) is 1. The van der Waals surface area contributed by atoms with Crippen molar-refractivity contribution in [3.8, 4) is 0 Å². The van der Waals surface area contributed by atoms with Crippen LogP contribution in [0.4, 0.5) is 0 Å². The molecule has 2 rings (SSSR count). The molecule has 0 aliphatic heterocycles. The predicted molar refractivity (Wildman–Crippen MR) is 60.9 cm³/mol. The first-order valence-corrected chi connectivity index (χ1v) is 5.15. The third-order valence-electron chi connectivity index (χ3n) is 2.29. The summed E-state index contributed by atoms with van der Waals surface area (Å²) < 4.78 is 4.86. The predicted octanol–water partition coefficient (Wildman–Crippen LogP) is 0.212. The van der Waals surface area contributed by atoms with Gasteiger partial charge in [0, 0.05) is 6.54 Å². The number of nitrogens with one attached hydrogen (secondary N) is 2. The van der Waals surface area contributed by atoms with Crippen LogP contribution in [-0.2, 0) is 16.1 Å². The number of aromatic nitrogens is 1. The highest BCUT2D eigenvalue weighted by Crippen LogP contribution is 2.12. The molecule has 0 saturated heterocycles. The van der Waals surface area contributed by atoms with Crippen LogP contribution in [0, 0.1) is 0 Å². The summed E-state index contributed by atoms with van der Waals surface area (Å²) in [6.07, 6.45) is -0.568. The monoisotopic (exact) mass is 250 g/mol. The molecule has 1 heterocycles. The molecule has 0 saturated carbocycles. The van der Waals surface area contributed by atoms with Crippen LogP contribution >= 0.6 is 0 Å². The van der Waals surface area contributed by atoms with Crippen molar-refractivity contribution < 1.29 is 19.1 Å². The fourth-order valence-corrected chi connectivity index (χ4v) is 1.50. The summed E-state index contributed by atoms with van der Waals surface area (Å²) in [7, 11) is 0. The second-order valence-corrected chi connectivity index (χ2v) is 3.69. The summed E-state index contributed by atoms with van der Waals surface area (Å²) >= 11 is 0. The van der Waals surface area contributed by atoms with Gasteiger partial charge in [-0.15, -0.1) is 0 Å². The lowest BCUT2D eigenvalue weighted by Gasteiger charge is -2.03. The van der Waals surface area contributed by atoms with Gasteiger partial charge >= 0.3 is 11.7 Å². The zero-order valence-corrected chi connectivity index (χ0v) is 9.23. The van der Waals surface area contributed by atoms with Crippen molar-refractivity contribution in [3.63, 3.8) is 0 Å². The van der Waals surface area contributed by atoms with E-state index < -0.39 is 24.1 Å². The first kappa shape index (κ1) is 11.9. The summed E-state index contributed by atoms with van der Waals surface area (Å²) in [5, 5.41) is 10.9. The van der Waals surface area contributed by atoms with Crippen LogP contribution in [0.1, 0.15) is 12.0 Å². The molecule has 94 valence electrons. The summed E-state index contributed by atoms with van der Waals surface area (Å²) in [6, 6.07) is 4.96. The van der Waals surface area contributed by atoms with E-state index in [2.05, 4.69) is 10.3 Å².